The summed E-state index contributed by atoms with van der Waals surface area (Å²) in [4.78, 5) is 1.69. The second-order valence-corrected chi connectivity index (χ2v) is 5.59. The summed E-state index contributed by atoms with van der Waals surface area (Å²) in [6.07, 6.45) is 2.60. The number of rotatable bonds is 5. The van der Waals surface area contributed by atoms with Crippen molar-refractivity contribution in [3.05, 3.63) is 36.0 Å². The van der Waals surface area contributed by atoms with Crippen molar-refractivity contribution in [2.75, 3.05) is 41.1 Å². The Morgan fingerprint density at radius 2 is 1.95 bits per heavy atom. The van der Waals surface area contributed by atoms with E-state index in [9.17, 15) is 8.78 Å². The second-order valence-electron chi connectivity index (χ2n) is 4.37. The van der Waals surface area contributed by atoms with Crippen LogP contribution in [0.5, 0.6) is 0 Å². The fourth-order valence-electron chi connectivity index (χ4n) is 2.10. The van der Waals surface area contributed by atoms with Gasteiger partial charge in [-0.25, -0.2) is 13.8 Å². The van der Waals surface area contributed by atoms with Crippen molar-refractivity contribution in [2.45, 2.75) is 0 Å². The molecule has 0 atom stereocenters. The van der Waals surface area contributed by atoms with Gasteiger partial charge in [-0.1, -0.05) is 5.22 Å². The molecule has 0 aromatic heterocycles. The average Bonchev–Trinajstić information content (AvgIpc) is 2.48. The van der Waals surface area contributed by atoms with E-state index >= 15 is 0 Å². The van der Waals surface area contributed by atoms with E-state index in [1.807, 2.05) is 0 Å². The molecule has 1 aliphatic rings. The third-order valence-electron chi connectivity index (χ3n) is 3.05. The van der Waals surface area contributed by atoms with Crippen molar-refractivity contribution in [1.82, 2.24) is 0 Å². The van der Waals surface area contributed by atoms with Gasteiger partial charge in [-0.2, -0.15) is 17.3 Å². The van der Waals surface area contributed by atoms with Crippen molar-refractivity contribution >= 4 is 23.1 Å². The Hall–Kier alpha value is -1.67. The average molecular weight is 314 g/mol. The van der Waals surface area contributed by atoms with Crippen molar-refractivity contribution in [1.29, 1.82) is 5.53 Å². The molecule has 2 N–H and O–H groups in total. The van der Waals surface area contributed by atoms with Crippen molar-refractivity contribution < 1.29 is 13.9 Å². The van der Waals surface area contributed by atoms with E-state index in [4.69, 9.17) is 10.6 Å². The van der Waals surface area contributed by atoms with Crippen LogP contribution >= 0.6 is 11.8 Å². The van der Waals surface area contributed by atoms with Crippen LogP contribution in [0.15, 0.2) is 29.6 Å². The zero-order valence-corrected chi connectivity index (χ0v) is 12.1. The van der Waals surface area contributed by atoms with Crippen LogP contribution in [0.3, 0.4) is 0 Å². The van der Waals surface area contributed by atoms with Crippen LogP contribution in [-0.4, -0.2) is 36.3 Å². The first-order valence-electron chi connectivity index (χ1n) is 6.43. The number of hydrogen-bond acceptors (Lipinski definition) is 5. The van der Waals surface area contributed by atoms with E-state index in [2.05, 4.69) is 5.22 Å². The standard InChI is InChI=1S/C13H16F2N4OS/c14-11-8-10(19(17-16)2-1-5-20)9-12(15)13(11)18-3-6-21-7-4-18/h1-2,8-9,16,20H,3-7H2/b2-1+,17-16?. The van der Waals surface area contributed by atoms with Gasteiger partial charge in [0, 0.05) is 42.9 Å². The summed E-state index contributed by atoms with van der Waals surface area (Å²) in [5.74, 6) is 0.327. The molecule has 0 unspecified atom stereocenters. The second kappa shape index (κ2) is 7.37. The van der Waals surface area contributed by atoms with Crippen LogP contribution in [0.25, 0.3) is 0 Å². The summed E-state index contributed by atoms with van der Waals surface area (Å²) in [7, 11) is 0. The van der Waals surface area contributed by atoms with Gasteiger partial charge in [-0.05, 0) is 6.08 Å². The summed E-state index contributed by atoms with van der Waals surface area (Å²) in [6, 6.07) is 2.28. The molecule has 2 rings (SSSR count). The van der Waals surface area contributed by atoms with Gasteiger partial charge < -0.3 is 10.0 Å². The van der Waals surface area contributed by atoms with Crippen LogP contribution in [0.4, 0.5) is 20.2 Å². The molecule has 8 heteroatoms. The van der Waals surface area contributed by atoms with E-state index in [0.29, 0.717) is 13.1 Å². The van der Waals surface area contributed by atoms with Gasteiger partial charge in [0.2, 0.25) is 0 Å². The zero-order valence-electron chi connectivity index (χ0n) is 11.3. The van der Waals surface area contributed by atoms with Crippen molar-refractivity contribution in [3.63, 3.8) is 0 Å². The largest absolute Gasteiger partial charge is 0.392 e. The molecular formula is C13H16F2N4OS. The number of aliphatic hydroxyl groups is 1. The summed E-state index contributed by atoms with van der Waals surface area (Å²) >= 11 is 1.76. The van der Waals surface area contributed by atoms with Crippen molar-refractivity contribution in [2.24, 2.45) is 5.22 Å². The number of aliphatic hydroxyl groups excluding tert-OH is 1. The van der Waals surface area contributed by atoms with Crippen LogP contribution in [0.2, 0.25) is 0 Å². The number of halogens is 2. The zero-order chi connectivity index (χ0) is 15.2. The van der Waals surface area contributed by atoms with Gasteiger partial charge in [0.15, 0.2) is 11.6 Å². The molecule has 5 nitrogen and oxygen atoms in total. The van der Waals surface area contributed by atoms with Gasteiger partial charge in [0.05, 0.1) is 12.3 Å². The van der Waals surface area contributed by atoms with Gasteiger partial charge in [0.25, 0.3) is 0 Å². The summed E-state index contributed by atoms with van der Waals surface area (Å²) in [5, 5.41) is 12.8. The van der Waals surface area contributed by atoms with E-state index in [1.165, 1.54) is 12.3 Å². The first-order valence-corrected chi connectivity index (χ1v) is 7.58. The fraction of sp³-hybridized carbons (Fsp3) is 0.385. The highest BCUT2D eigenvalue weighted by molar-refractivity contribution is 7.99. The number of thioether (sulfide) groups is 1. The molecule has 0 saturated carbocycles. The molecular weight excluding hydrogens is 298 g/mol. The Morgan fingerprint density at radius 3 is 2.48 bits per heavy atom. The lowest BCUT2D eigenvalue weighted by Gasteiger charge is -2.29. The third-order valence-corrected chi connectivity index (χ3v) is 4.00. The van der Waals surface area contributed by atoms with Crippen molar-refractivity contribution in [3.8, 4) is 0 Å². The maximum atomic E-state index is 14.2. The third kappa shape index (κ3) is 3.70. The molecule has 0 bridgehead atoms. The first-order chi connectivity index (χ1) is 10.2. The Kier molecular flexibility index (Phi) is 5.51. The molecule has 1 aromatic rings. The SMILES string of the molecule is N=NN(/C=C/CO)c1cc(F)c(N2CCSCC2)c(F)c1. The number of benzene rings is 1. The highest BCUT2D eigenvalue weighted by Crippen LogP contribution is 2.30. The Morgan fingerprint density at radius 1 is 1.33 bits per heavy atom. The molecule has 0 radical (unpaired) electrons. The molecule has 0 spiro atoms. The number of anilines is 2. The van der Waals surface area contributed by atoms with E-state index in [1.54, 1.807) is 16.7 Å². The molecule has 0 aliphatic carbocycles. The Labute approximate surface area is 125 Å². The van der Waals surface area contributed by atoms with E-state index < -0.39 is 11.6 Å². The van der Waals surface area contributed by atoms with Gasteiger partial charge in [-0.15, -0.1) is 0 Å². The minimum atomic E-state index is -0.678. The lowest BCUT2D eigenvalue weighted by Crippen LogP contribution is -2.33. The Bertz CT molecular complexity index is 512. The van der Waals surface area contributed by atoms with Crippen LogP contribution < -0.4 is 9.91 Å². The number of nitrogens with one attached hydrogen (secondary N) is 1. The van der Waals surface area contributed by atoms with Crippen LogP contribution in [0, 0.1) is 17.2 Å². The predicted molar refractivity (Wildman–Crippen MR) is 79.7 cm³/mol. The lowest BCUT2D eigenvalue weighted by atomic mass is 10.2. The minimum Gasteiger partial charge on any atom is -0.392 e. The minimum absolute atomic E-state index is 0.0323. The molecule has 114 valence electrons. The predicted octanol–water partition coefficient (Wildman–Crippen LogP) is 2.78. The highest BCUT2D eigenvalue weighted by Gasteiger charge is 2.21. The smallest absolute Gasteiger partial charge is 0.151 e. The molecule has 1 fully saturated rings. The summed E-state index contributed by atoms with van der Waals surface area (Å²) in [6.45, 7) is 0.962. The van der Waals surface area contributed by atoms with Gasteiger partial charge >= 0.3 is 0 Å². The molecule has 1 aliphatic heterocycles. The van der Waals surface area contributed by atoms with Crippen LogP contribution in [-0.2, 0) is 0 Å². The summed E-state index contributed by atoms with van der Waals surface area (Å²) < 4.78 is 28.4. The highest BCUT2D eigenvalue weighted by atomic mass is 32.2. The maximum Gasteiger partial charge on any atom is 0.151 e. The quantitative estimate of drug-likeness (QED) is 0.648. The van der Waals surface area contributed by atoms with Crippen LogP contribution in [0.1, 0.15) is 0 Å². The van der Waals surface area contributed by atoms with E-state index in [0.717, 1.165) is 28.6 Å². The maximum absolute atomic E-state index is 14.2. The number of nitrogens with zero attached hydrogens (tertiary/aromatic N) is 3. The molecule has 1 aromatic carbocycles. The molecule has 1 saturated heterocycles. The lowest BCUT2D eigenvalue weighted by molar-refractivity contribution is 0.342. The first kappa shape index (κ1) is 15.7. The molecule has 1 heterocycles. The van der Waals surface area contributed by atoms with Gasteiger partial charge in [0.1, 0.15) is 5.69 Å². The van der Waals surface area contributed by atoms with E-state index in [-0.39, 0.29) is 18.0 Å². The Balaban J connectivity index is 2.31. The monoisotopic (exact) mass is 314 g/mol. The molecule has 0 amide bonds. The number of hydrogen-bond donors (Lipinski definition) is 2. The topological polar surface area (TPSA) is 62.9 Å². The van der Waals surface area contributed by atoms with Gasteiger partial charge in [-0.3, -0.25) is 0 Å². The molecule has 21 heavy (non-hydrogen) atoms. The normalized spacial score (nSPS) is 15.5. The summed E-state index contributed by atoms with van der Waals surface area (Å²) in [5.41, 5.74) is 7.09. The fourth-order valence-corrected chi connectivity index (χ4v) is 3.00.